The van der Waals surface area contributed by atoms with Gasteiger partial charge in [0.2, 0.25) is 5.91 Å². The number of phenolic OH excluding ortho intramolecular Hbond substituents is 1. The maximum Gasteiger partial charge on any atom is 0.270 e. The molecule has 2 aromatic rings. The van der Waals surface area contributed by atoms with Gasteiger partial charge in [-0.2, -0.15) is 0 Å². The third-order valence-corrected chi connectivity index (χ3v) is 6.75. The van der Waals surface area contributed by atoms with Crippen LogP contribution in [0.4, 0.5) is 5.69 Å². The van der Waals surface area contributed by atoms with Gasteiger partial charge >= 0.3 is 0 Å². The van der Waals surface area contributed by atoms with Crippen molar-refractivity contribution in [1.82, 2.24) is 5.32 Å². The van der Waals surface area contributed by atoms with Crippen LogP contribution in [0.3, 0.4) is 0 Å². The summed E-state index contributed by atoms with van der Waals surface area (Å²) in [5.41, 5.74) is 2.76. The van der Waals surface area contributed by atoms with Crippen molar-refractivity contribution in [3.8, 4) is 16.9 Å². The molecule has 152 valence electrons. The molecular weight excluding hydrogens is 408 g/mol. The zero-order valence-electron chi connectivity index (χ0n) is 16.4. The van der Waals surface area contributed by atoms with Crippen molar-refractivity contribution in [2.75, 3.05) is 0 Å². The molecule has 8 heteroatoms. The number of hydrogen-bond donors (Lipinski definition) is 2. The quantitative estimate of drug-likeness (QED) is 0.392. The minimum absolute atomic E-state index is 0.0322. The Hall–Kier alpha value is -2.45. The molecule has 0 bridgehead atoms. The number of carbonyl (C=O) groups is 1. The van der Waals surface area contributed by atoms with E-state index in [4.69, 9.17) is 12.2 Å². The van der Waals surface area contributed by atoms with Gasteiger partial charge in [-0.3, -0.25) is 14.9 Å². The molecule has 3 rings (SSSR count). The number of non-ortho nitro benzene ring substituents is 1. The first-order chi connectivity index (χ1) is 13.6. The van der Waals surface area contributed by atoms with Gasteiger partial charge in [-0.1, -0.05) is 56.9 Å². The smallest absolute Gasteiger partial charge is 0.270 e. The van der Waals surface area contributed by atoms with Crippen LogP contribution in [0, 0.1) is 10.1 Å². The van der Waals surface area contributed by atoms with Gasteiger partial charge in [-0.15, -0.1) is 0 Å². The lowest BCUT2D eigenvalue weighted by atomic mass is 9.81. The predicted molar refractivity (Wildman–Crippen MR) is 119 cm³/mol. The average molecular weight is 431 g/mol. The predicted octanol–water partition coefficient (Wildman–Crippen LogP) is 4.71. The Bertz CT molecular complexity index is 1000. The Morgan fingerprint density at radius 2 is 1.97 bits per heavy atom. The van der Waals surface area contributed by atoms with E-state index in [2.05, 4.69) is 19.2 Å². The van der Waals surface area contributed by atoms with Crippen LogP contribution in [-0.2, 0) is 16.6 Å². The van der Waals surface area contributed by atoms with Crippen LogP contribution in [0.15, 0.2) is 36.4 Å². The molecule has 1 aliphatic heterocycles. The maximum atomic E-state index is 12.0. The highest BCUT2D eigenvalue weighted by Crippen LogP contribution is 2.36. The minimum Gasteiger partial charge on any atom is -0.508 e. The number of thiocarbonyl (C=S) groups is 1. The zero-order valence-corrected chi connectivity index (χ0v) is 18.0. The first kappa shape index (κ1) is 21.3. The van der Waals surface area contributed by atoms with E-state index in [1.807, 2.05) is 13.0 Å². The van der Waals surface area contributed by atoms with Crippen molar-refractivity contribution in [3.63, 3.8) is 0 Å². The van der Waals surface area contributed by atoms with Crippen LogP contribution < -0.4 is 5.32 Å². The molecule has 2 aromatic carbocycles. The first-order valence-corrected chi connectivity index (χ1v) is 10.5. The van der Waals surface area contributed by atoms with Gasteiger partial charge in [0.15, 0.2) is 0 Å². The van der Waals surface area contributed by atoms with E-state index in [-0.39, 0.29) is 27.7 Å². The summed E-state index contributed by atoms with van der Waals surface area (Å²) in [6, 6.07) is 10.2. The van der Waals surface area contributed by atoms with Crippen molar-refractivity contribution < 1.29 is 14.8 Å². The molecule has 1 unspecified atom stereocenters. The summed E-state index contributed by atoms with van der Waals surface area (Å²) in [5.74, 6) is -0.0911. The van der Waals surface area contributed by atoms with Crippen molar-refractivity contribution >= 4 is 39.9 Å². The molecule has 1 atom stereocenters. The summed E-state index contributed by atoms with van der Waals surface area (Å²) in [7, 11) is 0. The van der Waals surface area contributed by atoms with E-state index in [0.29, 0.717) is 21.9 Å². The average Bonchev–Trinajstić information content (AvgIpc) is 3.00. The van der Waals surface area contributed by atoms with Gasteiger partial charge in [0.1, 0.15) is 10.1 Å². The number of benzene rings is 2. The second kappa shape index (κ2) is 8.12. The zero-order chi connectivity index (χ0) is 21.3. The lowest BCUT2D eigenvalue weighted by Crippen LogP contribution is -2.25. The summed E-state index contributed by atoms with van der Waals surface area (Å²) < 4.78 is 0.431. The molecule has 1 amide bonds. The second-order valence-electron chi connectivity index (χ2n) is 7.69. The molecule has 1 heterocycles. The number of nitrogens with zero attached hydrogens (tertiary/aromatic N) is 1. The highest BCUT2D eigenvalue weighted by atomic mass is 32.2. The Kier molecular flexibility index (Phi) is 5.95. The van der Waals surface area contributed by atoms with E-state index in [1.54, 1.807) is 24.3 Å². The number of phenols is 1. The molecular formula is C21H22N2O4S2. The monoisotopic (exact) mass is 430 g/mol. The molecule has 0 spiro atoms. The number of thioether (sulfide) groups is 1. The second-order valence-corrected chi connectivity index (χ2v) is 9.57. The SMILES string of the molecule is CCC(C)(C)c1cc(-c2ccc(O)c(CC3SC(=S)NC3=O)c2)cc([N+](=O)[O-])c1. The Balaban J connectivity index is 2.03. The molecule has 1 saturated heterocycles. The fraction of sp³-hybridized carbons (Fsp3) is 0.333. The van der Waals surface area contributed by atoms with Crippen molar-refractivity contribution in [3.05, 3.63) is 57.6 Å². The van der Waals surface area contributed by atoms with Gasteiger partial charge in [0.05, 0.1) is 10.2 Å². The number of carbonyl (C=O) groups excluding carboxylic acids is 1. The third-order valence-electron chi connectivity index (χ3n) is 5.38. The highest BCUT2D eigenvalue weighted by molar-refractivity contribution is 8.24. The maximum absolute atomic E-state index is 12.0. The van der Waals surface area contributed by atoms with Gasteiger partial charge in [0, 0.05) is 12.1 Å². The number of nitro groups is 1. The van der Waals surface area contributed by atoms with Gasteiger partial charge in [0.25, 0.3) is 5.69 Å². The lowest BCUT2D eigenvalue weighted by Gasteiger charge is -2.24. The molecule has 1 aliphatic rings. The highest BCUT2D eigenvalue weighted by Gasteiger charge is 2.30. The van der Waals surface area contributed by atoms with Crippen LogP contribution in [0.5, 0.6) is 5.75 Å². The number of nitrogens with one attached hydrogen (secondary N) is 1. The summed E-state index contributed by atoms with van der Waals surface area (Å²) in [6.07, 6.45) is 1.15. The number of hydrogen-bond acceptors (Lipinski definition) is 6. The van der Waals surface area contributed by atoms with Crippen molar-refractivity contribution in [2.24, 2.45) is 0 Å². The Labute approximate surface area is 178 Å². The van der Waals surface area contributed by atoms with Crippen LogP contribution in [0.25, 0.3) is 11.1 Å². The Morgan fingerprint density at radius 1 is 1.24 bits per heavy atom. The molecule has 0 aliphatic carbocycles. The van der Waals surface area contributed by atoms with Gasteiger partial charge < -0.3 is 10.4 Å². The molecule has 2 N–H and O–H groups in total. The van der Waals surface area contributed by atoms with E-state index >= 15 is 0 Å². The number of rotatable bonds is 6. The molecule has 0 saturated carbocycles. The topological polar surface area (TPSA) is 92.5 Å². The summed E-state index contributed by atoms with van der Waals surface area (Å²) in [4.78, 5) is 23.1. The summed E-state index contributed by atoms with van der Waals surface area (Å²) >= 11 is 6.29. The van der Waals surface area contributed by atoms with E-state index in [1.165, 1.54) is 17.8 Å². The minimum atomic E-state index is -0.400. The summed E-state index contributed by atoms with van der Waals surface area (Å²) in [5, 5.41) is 24.0. The Morgan fingerprint density at radius 3 is 2.55 bits per heavy atom. The van der Waals surface area contributed by atoms with Crippen molar-refractivity contribution in [1.29, 1.82) is 0 Å². The number of amides is 1. The fourth-order valence-corrected chi connectivity index (χ4v) is 4.43. The lowest BCUT2D eigenvalue weighted by molar-refractivity contribution is -0.384. The molecule has 6 nitrogen and oxygen atoms in total. The fourth-order valence-electron chi connectivity index (χ4n) is 3.13. The summed E-state index contributed by atoms with van der Waals surface area (Å²) in [6.45, 7) is 6.15. The largest absolute Gasteiger partial charge is 0.508 e. The normalized spacial score (nSPS) is 16.7. The van der Waals surface area contributed by atoms with Crippen molar-refractivity contribution in [2.45, 2.75) is 44.3 Å². The third kappa shape index (κ3) is 4.59. The standard InChI is InChI=1S/C21H22N2O4S2/c1-4-21(2,3)15-8-13(9-16(11-15)23(26)27)12-5-6-17(24)14(7-12)10-18-19(25)22-20(28)29-18/h5-9,11,18,24H,4,10H2,1-3H3,(H,22,25,28). The van der Waals surface area contributed by atoms with Crippen LogP contribution in [0.1, 0.15) is 38.3 Å². The van der Waals surface area contributed by atoms with E-state index in [0.717, 1.165) is 17.5 Å². The van der Waals surface area contributed by atoms with Crippen LogP contribution in [0.2, 0.25) is 0 Å². The molecule has 29 heavy (non-hydrogen) atoms. The number of nitro benzene ring substituents is 1. The van der Waals surface area contributed by atoms with Crippen LogP contribution >= 0.6 is 24.0 Å². The molecule has 0 aromatic heterocycles. The van der Waals surface area contributed by atoms with E-state index < -0.39 is 5.25 Å². The van der Waals surface area contributed by atoms with Gasteiger partial charge in [-0.25, -0.2) is 0 Å². The van der Waals surface area contributed by atoms with Crippen LogP contribution in [-0.4, -0.2) is 25.5 Å². The molecule has 1 fully saturated rings. The first-order valence-electron chi connectivity index (χ1n) is 9.24. The van der Waals surface area contributed by atoms with E-state index in [9.17, 15) is 20.0 Å². The molecule has 0 radical (unpaired) electrons. The number of aromatic hydroxyl groups is 1. The van der Waals surface area contributed by atoms with Gasteiger partial charge in [-0.05, 0) is 52.6 Å².